The van der Waals surface area contributed by atoms with Crippen molar-refractivity contribution in [3.05, 3.63) is 77.5 Å². The molecule has 0 saturated carbocycles. The average molecular weight is 321 g/mol. The molecular weight excluding hydrogens is 298 g/mol. The molecule has 0 amide bonds. The lowest BCUT2D eigenvalue weighted by Crippen LogP contribution is -2.17. The molecule has 0 bridgehead atoms. The lowest BCUT2D eigenvalue weighted by atomic mass is 10.1. The first-order chi connectivity index (χ1) is 11.8. The monoisotopic (exact) mass is 321 g/mol. The second kappa shape index (κ2) is 7.90. The van der Waals surface area contributed by atoms with Crippen molar-refractivity contribution in [2.75, 3.05) is 13.2 Å². The Labute approximate surface area is 142 Å². The van der Waals surface area contributed by atoms with E-state index in [1.807, 2.05) is 22.9 Å². The molecule has 0 unspecified atom stereocenters. The van der Waals surface area contributed by atoms with Crippen LogP contribution in [0.5, 0.6) is 0 Å². The molecule has 0 aliphatic rings. The van der Waals surface area contributed by atoms with Gasteiger partial charge < -0.3 is 10.4 Å². The fraction of sp³-hybridized carbons (Fsp3) is 0.250. The first-order valence-electron chi connectivity index (χ1n) is 8.25. The number of aliphatic hydroxyl groups is 1. The summed E-state index contributed by atoms with van der Waals surface area (Å²) in [7, 11) is 0. The molecule has 124 valence electrons. The zero-order chi connectivity index (χ0) is 16.8. The van der Waals surface area contributed by atoms with Crippen LogP contribution in [0, 0.1) is 6.92 Å². The number of benzene rings is 2. The molecule has 0 saturated heterocycles. The molecule has 0 radical (unpaired) electrons. The van der Waals surface area contributed by atoms with Gasteiger partial charge in [-0.2, -0.15) is 5.10 Å². The topological polar surface area (TPSA) is 50.1 Å². The van der Waals surface area contributed by atoms with Gasteiger partial charge in [0.25, 0.3) is 0 Å². The summed E-state index contributed by atoms with van der Waals surface area (Å²) in [6.07, 6.45) is 2.09. The maximum Gasteiger partial charge on any atom is 0.0968 e. The van der Waals surface area contributed by atoms with Gasteiger partial charge in [0.05, 0.1) is 18.8 Å². The Morgan fingerprint density at radius 1 is 1.08 bits per heavy atom. The molecule has 0 atom stereocenters. The number of nitrogens with one attached hydrogen (secondary N) is 1. The summed E-state index contributed by atoms with van der Waals surface area (Å²) in [5.41, 5.74) is 5.72. The van der Waals surface area contributed by atoms with E-state index in [4.69, 9.17) is 10.2 Å². The Bertz CT molecular complexity index is 781. The average Bonchev–Trinajstić information content (AvgIpc) is 2.99. The van der Waals surface area contributed by atoms with Gasteiger partial charge in [-0.15, -0.1) is 0 Å². The summed E-state index contributed by atoms with van der Waals surface area (Å²) >= 11 is 0. The van der Waals surface area contributed by atoms with Crippen LogP contribution in [0.3, 0.4) is 0 Å². The van der Waals surface area contributed by atoms with Gasteiger partial charge in [-0.3, -0.25) is 4.68 Å². The summed E-state index contributed by atoms with van der Waals surface area (Å²) in [5.74, 6) is 0. The summed E-state index contributed by atoms with van der Waals surface area (Å²) < 4.78 is 1.99. The van der Waals surface area contributed by atoms with E-state index in [1.54, 1.807) is 0 Å². The molecule has 1 aromatic heterocycles. The number of aryl methyl sites for hydroxylation is 1. The second-order valence-electron chi connectivity index (χ2n) is 5.96. The molecule has 0 fully saturated rings. The predicted octanol–water partition coefficient (Wildman–Crippen LogP) is 2.99. The van der Waals surface area contributed by atoms with Crippen LogP contribution in [-0.4, -0.2) is 28.0 Å². The molecule has 2 N–H and O–H groups in total. The van der Waals surface area contributed by atoms with Crippen LogP contribution in [0.4, 0.5) is 0 Å². The number of hydrogen-bond acceptors (Lipinski definition) is 3. The number of nitrogens with zero attached hydrogens (tertiary/aromatic N) is 2. The van der Waals surface area contributed by atoms with Crippen molar-refractivity contribution in [2.45, 2.75) is 20.0 Å². The third-order valence-corrected chi connectivity index (χ3v) is 3.92. The highest BCUT2D eigenvalue weighted by atomic mass is 16.3. The Balaban J connectivity index is 1.90. The van der Waals surface area contributed by atoms with Crippen molar-refractivity contribution in [1.82, 2.24) is 15.1 Å². The molecule has 0 aliphatic carbocycles. The van der Waals surface area contributed by atoms with E-state index in [0.717, 1.165) is 23.4 Å². The summed E-state index contributed by atoms with van der Waals surface area (Å²) in [5, 5.41) is 17.0. The number of hydrogen-bond donors (Lipinski definition) is 2. The minimum atomic E-state index is 0.137. The molecule has 4 heteroatoms. The first kappa shape index (κ1) is 16.4. The third-order valence-electron chi connectivity index (χ3n) is 3.92. The molecule has 24 heavy (non-hydrogen) atoms. The van der Waals surface area contributed by atoms with E-state index in [9.17, 15) is 0 Å². The minimum absolute atomic E-state index is 0.137. The van der Waals surface area contributed by atoms with Crippen LogP contribution in [0.2, 0.25) is 0 Å². The van der Waals surface area contributed by atoms with E-state index < -0.39 is 0 Å². The highest BCUT2D eigenvalue weighted by molar-refractivity contribution is 5.63. The molecule has 3 aromatic rings. The smallest absolute Gasteiger partial charge is 0.0968 e. The van der Waals surface area contributed by atoms with E-state index in [-0.39, 0.29) is 6.61 Å². The maximum absolute atomic E-state index is 8.98. The van der Waals surface area contributed by atoms with Crippen molar-refractivity contribution in [1.29, 1.82) is 0 Å². The van der Waals surface area contributed by atoms with E-state index >= 15 is 0 Å². The Morgan fingerprint density at radius 2 is 1.92 bits per heavy atom. The summed E-state index contributed by atoms with van der Waals surface area (Å²) in [6.45, 7) is 4.25. The van der Waals surface area contributed by atoms with Crippen molar-refractivity contribution >= 4 is 0 Å². The van der Waals surface area contributed by atoms with Gasteiger partial charge >= 0.3 is 0 Å². The molecule has 3 rings (SSSR count). The van der Waals surface area contributed by atoms with Crippen molar-refractivity contribution < 1.29 is 5.11 Å². The standard InChI is InChI=1S/C20H23N3O/c1-16-6-5-9-18(12-16)20-19(13-21-10-11-24)15-23(22-20)14-17-7-3-2-4-8-17/h2-9,12,15,21,24H,10-11,13-14H2,1H3. The number of aliphatic hydroxyl groups excluding tert-OH is 1. The lowest BCUT2D eigenvalue weighted by molar-refractivity contribution is 0.292. The lowest BCUT2D eigenvalue weighted by Gasteiger charge is -2.04. The normalized spacial score (nSPS) is 10.9. The Kier molecular flexibility index (Phi) is 5.41. The van der Waals surface area contributed by atoms with Crippen LogP contribution in [0.25, 0.3) is 11.3 Å². The first-order valence-corrected chi connectivity index (χ1v) is 8.25. The third kappa shape index (κ3) is 4.10. The minimum Gasteiger partial charge on any atom is -0.395 e. The van der Waals surface area contributed by atoms with Crippen LogP contribution >= 0.6 is 0 Å². The van der Waals surface area contributed by atoms with E-state index in [0.29, 0.717) is 13.1 Å². The fourth-order valence-corrected chi connectivity index (χ4v) is 2.78. The molecule has 0 aliphatic heterocycles. The van der Waals surface area contributed by atoms with Crippen molar-refractivity contribution in [2.24, 2.45) is 0 Å². The van der Waals surface area contributed by atoms with Gasteiger partial charge in [-0.25, -0.2) is 0 Å². The summed E-state index contributed by atoms with van der Waals surface area (Å²) in [4.78, 5) is 0. The van der Waals surface area contributed by atoms with Gasteiger partial charge in [0, 0.05) is 30.4 Å². The Hall–Kier alpha value is -2.43. The van der Waals surface area contributed by atoms with Crippen LogP contribution in [0.1, 0.15) is 16.7 Å². The SMILES string of the molecule is Cc1cccc(-c2nn(Cc3ccccc3)cc2CNCCO)c1. The van der Waals surface area contributed by atoms with E-state index in [1.165, 1.54) is 11.1 Å². The quantitative estimate of drug-likeness (QED) is 0.658. The highest BCUT2D eigenvalue weighted by Gasteiger charge is 2.11. The Morgan fingerprint density at radius 3 is 2.67 bits per heavy atom. The highest BCUT2D eigenvalue weighted by Crippen LogP contribution is 2.23. The van der Waals surface area contributed by atoms with Gasteiger partial charge in [0.15, 0.2) is 0 Å². The zero-order valence-electron chi connectivity index (χ0n) is 13.9. The van der Waals surface area contributed by atoms with Crippen molar-refractivity contribution in [3.8, 4) is 11.3 Å². The maximum atomic E-state index is 8.98. The van der Waals surface area contributed by atoms with Gasteiger partial charge in [0.1, 0.15) is 0 Å². The van der Waals surface area contributed by atoms with Crippen LogP contribution in [-0.2, 0) is 13.1 Å². The van der Waals surface area contributed by atoms with Gasteiger partial charge in [0.2, 0.25) is 0 Å². The number of aromatic nitrogens is 2. The molecule has 1 heterocycles. The van der Waals surface area contributed by atoms with Crippen LogP contribution in [0.15, 0.2) is 60.8 Å². The van der Waals surface area contributed by atoms with E-state index in [2.05, 4.69) is 54.8 Å². The van der Waals surface area contributed by atoms with Crippen molar-refractivity contribution in [3.63, 3.8) is 0 Å². The molecule has 0 spiro atoms. The van der Waals surface area contributed by atoms with Gasteiger partial charge in [-0.1, -0.05) is 54.1 Å². The molecule has 2 aromatic carbocycles. The van der Waals surface area contributed by atoms with Gasteiger partial charge in [-0.05, 0) is 18.6 Å². The zero-order valence-corrected chi connectivity index (χ0v) is 13.9. The fourth-order valence-electron chi connectivity index (χ4n) is 2.78. The predicted molar refractivity (Wildman–Crippen MR) is 96.7 cm³/mol. The number of rotatable bonds is 7. The molecule has 4 nitrogen and oxygen atoms in total. The van der Waals surface area contributed by atoms with Crippen LogP contribution < -0.4 is 5.32 Å². The largest absolute Gasteiger partial charge is 0.395 e. The molecular formula is C20H23N3O. The second-order valence-corrected chi connectivity index (χ2v) is 5.96. The summed E-state index contributed by atoms with van der Waals surface area (Å²) in [6, 6.07) is 18.7.